The van der Waals surface area contributed by atoms with Gasteiger partial charge in [-0.05, 0) is 48.8 Å². The topological polar surface area (TPSA) is 12.0 Å². The Hall–Kier alpha value is -0.980. The molecule has 1 aliphatic carbocycles. The minimum Gasteiger partial charge on any atom is -0.382 e. The maximum atomic E-state index is 3.67. The third kappa shape index (κ3) is 2.78. The van der Waals surface area contributed by atoms with Gasteiger partial charge in [0.1, 0.15) is 0 Å². The van der Waals surface area contributed by atoms with E-state index >= 15 is 0 Å². The Morgan fingerprint density at radius 1 is 1.25 bits per heavy atom. The van der Waals surface area contributed by atoms with Gasteiger partial charge >= 0.3 is 0 Å². The largest absolute Gasteiger partial charge is 0.382 e. The smallest absolute Gasteiger partial charge is 0.0345 e. The van der Waals surface area contributed by atoms with Crippen molar-refractivity contribution < 1.29 is 0 Å². The van der Waals surface area contributed by atoms with E-state index in [4.69, 9.17) is 0 Å². The highest BCUT2D eigenvalue weighted by Gasteiger charge is 2.20. The number of benzene rings is 1. The van der Waals surface area contributed by atoms with Crippen molar-refractivity contribution in [2.24, 2.45) is 5.92 Å². The zero-order valence-electron chi connectivity index (χ0n) is 10.7. The minimum atomic E-state index is 0.615. The SMILES string of the molecule is CC1CCC(Nc2cccc(C(C)C)c2)C1. The number of anilines is 1. The van der Waals surface area contributed by atoms with Crippen molar-refractivity contribution in [3.8, 4) is 0 Å². The van der Waals surface area contributed by atoms with Crippen LogP contribution >= 0.6 is 0 Å². The average Bonchev–Trinajstić information content (AvgIpc) is 2.64. The molecule has 0 spiro atoms. The van der Waals surface area contributed by atoms with E-state index in [1.807, 2.05) is 0 Å². The number of nitrogens with one attached hydrogen (secondary N) is 1. The summed E-state index contributed by atoms with van der Waals surface area (Å²) in [6, 6.07) is 9.56. The second-order valence-electron chi connectivity index (χ2n) is 5.54. The van der Waals surface area contributed by atoms with Gasteiger partial charge in [-0.2, -0.15) is 0 Å². The van der Waals surface area contributed by atoms with Crippen LogP contribution in [0.15, 0.2) is 24.3 Å². The second kappa shape index (κ2) is 4.90. The molecule has 1 N–H and O–H groups in total. The Bertz CT molecular complexity index is 343. The van der Waals surface area contributed by atoms with Crippen LogP contribution in [0, 0.1) is 5.92 Å². The Morgan fingerprint density at radius 2 is 2.06 bits per heavy atom. The van der Waals surface area contributed by atoms with Gasteiger partial charge in [-0.3, -0.25) is 0 Å². The maximum Gasteiger partial charge on any atom is 0.0345 e. The molecule has 2 rings (SSSR count). The van der Waals surface area contributed by atoms with E-state index in [0.717, 1.165) is 5.92 Å². The summed E-state index contributed by atoms with van der Waals surface area (Å²) in [5.41, 5.74) is 2.72. The van der Waals surface area contributed by atoms with Crippen molar-refractivity contribution in [1.82, 2.24) is 0 Å². The molecule has 0 bridgehead atoms. The van der Waals surface area contributed by atoms with Gasteiger partial charge < -0.3 is 5.32 Å². The van der Waals surface area contributed by atoms with Gasteiger partial charge in [0.05, 0.1) is 0 Å². The third-order valence-corrected chi connectivity index (χ3v) is 3.62. The zero-order chi connectivity index (χ0) is 11.5. The van der Waals surface area contributed by atoms with E-state index in [-0.39, 0.29) is 0 Å². The lowest BCUT2D eigenvalue weighted by atomic mass is 10.0. The predicted octanol–water partition coefficient (Wildman–Crippen LogP) is 4.41. The molecule has 1 nitrogen and oxygen atoms in total. The molecular formula is C15H23N. The Kier molecular flexibility index (Phi) is 3.52. The van der Waals surface area contributed by atoms with Gasteiger partial charge in [-0.1, -0.05) is 32.9 Å². The monoisotopic (exact) mass is 217 g/mol. The fourth-order valence-corrected chi connectivity index (χ4v) is 2.56. The molecule has 1 aliphatic rings. The second-order valence-corrected chi connectivity index (χ2v) is 5.54. The van der Waals surface area contributed by atoms with E-state index in [9.17, 15) is 0 Å². The van der Waals surface area contributed by atoms with E-state index in [1.165, 1.54) is 30.5 Å². The van der Waals surface area contributed by atoms with Gasteiger partial charge in [0, 0.05) is 11.7 Å². The quantitative estimate of drug-likeness (QED) is 0.790. The first kappa shape index (κ1) is 11.5. The molecule has 2 atom stereocenters. The average molecular weight is 217 g/mol. The highest BCUT2D eigenvalue weighted by molar-refractivity contribution is 5.47. The van der Waals surface area contributed by atoms with E-state index in [0.29, 0.717) is 12.0 Å². The third-order valence-electron chi connectivity index (χ3n) is 3.62. The molecular weight excluding hydrogens is 194 g/mol. The summed E-state index contributed by atoms with van der Waals surface area (Å²) in [6.45, 7) is 6.85. The summed E-state index contributed by atoms with van der Waals surface area (Å²) in [5, 5.41) is 3.67. The number of hydrogen-bond donors (Lipinski definition) is 1. The van der Waals surface area contributed by atoms with Crippen LogP contribution in [0.5, 0.6) is 0 Å². The fraction of sp³-hybridized carbons (Fsp3) is 0.600. The van der Waals surface area contributed by atoms with Crippen LogP contribution in [0.3, 0.4) is 0 Å². The first-order chi connectivity index (χ1) is 7.65. The van der Waals surface area contributed by atoms with E-state index < -0.39 is 0 Å². The maximum absolute atomic E-state index is 3.67. The van der Waals surface area contributed by atoms with Crippen LogP contribution in [-0.2, 0) is 0 Å². The summed E-state index contributed by atoms with van der Waals surface area (Å²) < 4.78 is 0. The Morgan fingerprint density at radius 3 is 2.69 bits per heavy atom. The minimum absolute atomic E-state index is 0.615. The molecule has 0 aliphatic heterocycles. The molecule has 0 amide bonds. The number of hydrogen-bond acceptors (Lipinski definition) is 1. The molecule has 1 heteroatoms. The molecule has 1 fully saturated rings. The van der Waals surface area contributed by atoms with Crippen LogP contribution < -0.4 is 5.32 Å². The summed E-state index contributed by atoms with van der Waals surface area (Å²) in [7, 11) is 0. The lowest BCUT2D eigenvalue weighted by Gasteiger charge is -2.15. The molecule has 88 valence electrons. The molecule has 0 heterocycles. The van der Waals surface area contributed by atoms with Crippen LogP contribution in [-0.4, -0.2) is 6.04 Å². The van der Waals surface area contributed by atoms with Crippen molar-refractivity contribution in [3.05, 3.63) is 29.8 Å². The molecule has 2 unspecified atom stereocenters. The van der Waals surface area contributed by atoms with Crippen LogP contribution in [0.2, 0.25) is 0 Å². The van der Waals surface area contributed by atoms with Crippen molar-refractivity contribution in [2.75, 3.05) is 5.32 Å². The van der Waals surface area contributed by atoms with Crippen LogP contribution in [0.4, 0.5) is 5.69 Å². The van der Waals surface area contributed by atoms with E-state index in [2.05, 4.69) is 50.4 Å². The van der Waals surface area contributed by atoms with Gasteiger partial charge in [-0.25, -0.2) is 0 Å². The lowest BCUT2D eigenvalue weighted by molar-refractivity contribution is 0.602. The zero-order valence-corrected chi connectivity index (χ0v) is 10.7. The fourth-order valence-electron chi connectivity index (χ4n) is 2.56. The highest BCUT2D eigenvalue weighted by atomic mass is 14.9. The van der Waals surface area contributed by atoms with Crippen molar-refractivity contribution in [1.29, 1.82) is 0 Å². The van der Waals surface area contributed by atoms with Gasteiger partial charge in [-0.15, -0.1) is 0 Å². The molecule has 1 aromatic rings. The van der Waals surface area contributed by atoms with Crippen molar-refractivity contribution >= 4 is 5.69 Å². The summed E-state index contributed by atoms with van der Waals surface area (Å²) in [4.78, 5) is 0. The highest BCUT2D eigenvalue weighted by Crippen LogP contribution is 2.28. The molecule has 1 aromatic carbocycles. The standard InChI is InChI=1S/C15H23N/c1-11(2)13-5-4-6-14(10-13)16-15-8-7-12(3)9-15/h4-6,10-12,15-16H,7-9H2,1-3H3. The Balaban J connectivity index is 2.01. The predicted molar refractivity (Wildman–Crippen MR) is 71.0 cm³/mol. The van der Waals surface area contributed by atoms with Crippen LogP contribution in [0.25, 0.3) is 0 Å². The lowest BCUT2D eigenvalue weighted by Crippen LogP contribution is -2.15. The number of rotatable bonds is 3. The molecule has 1 saturated carbocycles. The van der Waals surface area contributed by atoms with E-state index in [1.54, 1.807) is 0 Å². The first-order valence-corrected chi connectivity index (χ1v) is 6.51. The van der Waals surface area contributed by atoms with Crippen molar-refractivity contribution in [2.45, 2.75) is 52.0 Å². The van der Waals surface area contributed by atoms with Crippen LogP contribution in [0.1, 0.15) is 51.5 Å². The van der Waals surface area contributed by atoms with Crippen molar-refractivity contribution in [3.63, 3.8) is 0 Å². The first-order valence-electron chi connectivity index (χ1n) is 6.51. The Labute approximate surface area is 99.3 Å². The summed E-state index contributed by atoms with van der Waals surface area (Å²) in [5.74, 6) is 1.51. The molecule has 0 saturated heterocycles. The van der Waals surface area contributed by atoms with Gasteiger partial charge in [0.25, 0.3) is 0 Å². The van der Waals surface area contributed by atoms with Gasteiger partial charge in [0.2, 0.25) is 0 Å². The summed E-state index contributed by atoms with van der Waals surface area (Å²) >= 11 is 0. The summed E-state index contributed by atoms with van der Waals surface area (Å²) in [6.07, 6.45) is 4.03. The van der Waals surface area contributed by atoms with Gasteiger partial charge in [0.15, 0.2) is 0 Å². The normalized spacial score (nSPS) is 25.0. The molecule has 0 radical (unpaired) electrons. The molecule has 0 aromatic heterocycles. The molecule has 16 heavy (non-hydrogen) atoms.